The summed E-state index contributed by atoms with van der Waals surface area (Å²) in [6.45, 7) is 0. The number of aromatic hydroxyl groups is 1. The zero-order chi connectivity index (χ0) is 9.97. The lowest BCUT2D eigenvalue weighted by Crippen LogP contribution is -1.83. The van der Waals surface area contributed by atoms with Crippen molar-refractivity contribution in [1.29, 1.82) is 0 Å². The van der Waals surface area contributed by atoms with Gasteiger partial charge >= 0.3 is 0 Å². The van der Waals surface area contributed by atoms with E-state index in [4.69, 9.17) is 16.7 Å². The first kappa shape index (κ1) is 8.97. The Labute approximate surface area is 86.0 Å². The van der Waals surface area contributed by atoms with Crippen molar-refractivity contribution in [3.8, 4) is 16.9 Å². The zero-order valence-electron chi connectivity index (χ0n) is 7.18. The fraction of sp³-hybridized carbons (Fsp3) is 0. The maximum atomic E-state index is 9.10. The van der Waals surface area contributed by atoms with Gasteiger partial charge in [-0.2, -0.15) is 0 Å². The molecule has 1 N–H and O–H groups in total. The van der Waals surface area contributed by atoms with Crippen molar-refractivity contribution in [1.82, 2.24) is 9.97 Å². The predicted molar refractivity (Wildman–Crippen MR) is 54.1 cm³/mol. The van der Waals surface area contributed by atoms with Gasteiger partial charge in [-0.25, -0.2) is 9.97 Å². The van der Waals surface area contributed by atoms with Gasteiger partial charge in [-0.3, -0.25) is 0 Å². The van der Waals surface area contributed by atoms with E-state index >= 15 is 0 Å². The van der Waals surface area contributed by atoms with Gasteiger partial charge < -0.3 is 5.11 Å². The number of rotatable bonds is 1. The summed E-state index contributed by atoms with van der Waals surface area (Å²) in [5.74, 6) is 0.239. The fourth-order valence-electron chi connectivity index (χ4n) is 1.12. The number of benzene rings is 1. The quantitative estimate of drug-likeness (QED) is 0.730. The Bertz CT molecular complexity index is 381. The largest absolute Gasteiger partial charge is 0.508 e. The molecule has 0 bridgehead atoms. The lowest BCUT2D eigenvalue weighted by atomic mass is 10.1. The van der Waals surface area contributed by atoms with E-state index in [0.717, 1.165) is 11.1 Å². The number of nitrogens with zero attached hydrogens (tertiary/aromatic N) is 2. The van der Waals surface area contributed by atoms with Gasteiger partial charge in [-0.1, -0.05) is 12.1 Å². The van der Waals surface area contributed by atoms with E-state index in [1.807, 2.05) is 0 Å². The Morgan fingerprint density at radius 3 is 2.07 bits per heavy atom. The van der Waals surface area contributed by atoms with Gasteiger partial charge in [0.15, 0.2) is 0 Å². The Balaban J connectivity index is 2.40. The highest BCUT2D eigenvalue weighted by Crippen LogP contribution is 2.20. The molecule has 0 radical (unpaired) electrons. The SMILES string of the molecule is Oc1ccc(-c2cnc(Cl)nc2)cc1. The lowest BCUT2D eigenvalue weighted by Gasteiger charge is -2.00. The van der Waals surface area contributed by atoms with Gasteiger partial charge in [-0.05, 0) is 29.3 Å². The van der Waals surface area contributed by atoms with Crippen LogP contribution in [-0.2, 0) is 0 Å². The van der Waals surface area contributed by atoms with Crippen molar-refractivity contribution < 1.29 is 5.11 Å². The molecule has 4 heteroatoms. The average Bonchev–Trinajstić information content (AvgIpc) is 2.21. The number of halogens is 1. The van der Waals surface area contributed by atoms with E-state index in [2.05, 4.69) is 9.97 Å². The fourth-order valence-corrected chi connectivity index (χ4v) is 1.21. The summed E-state index contributed by atoms with van der Waals surface area (Å²) >= 11 is 5.56. The van der Waals surface area contributed by atoms with Crippen LogP contribution >= 0.6 is 11.6 Å². The van der Waals surface area contributed by atoms with Crippen LogP contribution in [0.2, 0.25) is 5.28 Å². The first-order chi connectivity index (χ1) is 6.75. The maximum Gasteiger partial charge on any atom is 0.222 e. The number of aromatic nitrogens is 2. The van der Waals surface area contributed by atoms with Gasteiger partial charge in [0.1, 0.15) is 5.75 Å². The van der Waals surface area contributed by atoms with Crippen molar-refractivity contribution in [2.45, 2.75) is 0 Å². The third-order valence-corrected chi connectivity index (χ3v) is 2.02. The molecule has 2 rings (SSSR count). The number of phenolic OH excluding ortho intramolecular Hbond substituents is 1. The highest BCUT2D eigenvalue weighted by molar-refractivity contribution is 6.28. The summed E-state index contributed by atoms with van der Waals surface area (Å²) in [5, 5.41) is 9.32. The Hall–Kier alpha value is -1.61. The molecule has 1 aromatic carbocycles. The second-order valence-electron chi connectivity index (χ2n) is 2.79. The number of phenols is 1. The maximum absolute atomic E-state index is 9.10. The van der Waals surface area contributed by atoms with Crippen LogP contribution < -0.4 is 0 Å². The summed E-state index contributed by atoms with van der Waals surface area (Å²) in [6, 6.07) is 6.82. The van der Waals surface area contributed by atoms with Crippen LogP contribution in [0.3, 0.4) is 0 Å². The molecule has 0 unspecified atom stereocenters. The van der Waals surface area contributed by atoms with Crippen LogP contribution in [0, 0.1) is 0 Å². The molecule has 0 fully saturated rings. The molecule has 2 aromatic rings. The second-order valence-corrected chi connectivity index (χ2v) is 3.13. The van der Waals surface area contributed by atoms with E-state index in [9.17, 15) is 0 Å². The van der Waals surface area contributed by atoms with Crippen LogP contribution in [-0.4, -0.2) is 15.1 Å². The Kier molecular flexibility index (Phi) is 2.33. The molecule has 0 amide bonds. The molecule has 1 aromatic heterocycles. The predicted octanol–water partition coefficient (Wildman–Crippen LogP) is 2.50. The summed E-state index contributed by atoms with van der Waals surface area (Å²) in [6.07, 6.45) is 3.28. The molecular weight excluding hydrogens is 200 g/mol. The van der Waals surface area contributed by atoms with Gasteiger partial charge in [0.05, 0.1) is 0 Å². The minimum atomic E-state index is 0.229. The molecule has 0 aliphatic carbocycles. The summed E-state index contributed by atoms with van der Waals surface area (Å²) < 4.78 is 0. The normalized spacial score (nSPS) is 10.1. The van der Waals surface area contributed by atoms with Gasteiger partial charge in [0.25, 0.3) is 0 Å². The van der Waals surface area contributed by atoms with Crippen molar-refractivity contribution in [3.63, 3.8) is 0 Å². The second kappa shape index (κ2) is 3.64. The first-order valence-corrected chi connectivity index (χ1v) is 4.40. The molecule has 3 nitrogen and oxygen atoms in total. The molecular formula is C10H7ClN2O. The lowest BCUT2D eigenvalue weighted by molar-refractivity contribution is 0.475. The average molecular weight is 207 g/mol. The molecule has 1 heterocycles. The smallest absolute Gasteiger partial charge is 0.222 e. The zero-order valence-corrected chi connectivity index (χ0v) is 7.94. The van der Waals surface area contributed by atoms with Gasteiger partial charge in [0, 0.05) is 18.0 Å². The highest BCUT2D eigenvalue weighted by Gasteiger charge is 1.98. The molecule has 0 aliphatic rings. The van der Waals surface area contributed by atoms with Gasteiger partial charge in [0.2, 0.25) is 5.28 Å². The summed E-state index contributed by atoms with van der Waals surface area (Å²) in [4.78, 5) is 7.74. The summed E-state index contributed by atoms with van der Waals surface area (Å²) in [5.41, 5.74) is 1.81. The van der Waals surface area contributed by atoms with Crippen molar-refractivity contribution in [2.24, 2.45) is 0 Å². The van der Waals surface area contributed by atoms with E-state index in [-0.39, 0.29) is 11.0 Å². The molecule has 14 heavy (non-hydrogen) atoms. The van der Waals surface area contributed by atoms with Crippen LogP contribution in [0.4, 0.5) is 0 Å². The molecule has 0 spiro atoms. The molecule has 0 aliphatic heterocycles. The van der Waals surface area contributed by atoms with Crippen LogP contribution in [0.25, 0.3) is 11.1 Å². The Morgan fingerprint density at radius 1 is 0.929 bits per heavy atom. The van der Waals surface area contributed by atoms with Crippen molar-refractivity contribution in [3.05, 3.63) is 41.9 Å². The summed E-state index contributed by atoms with van der Waals surface area (Å²) in [7, 11) is 0. The van der Waals surface area contributed by atoms with Gasteiger partial charge in [-0.15, -0.1) is 0 Å². The topological polar surface area (TPSA) is 46.0 Å². The van der Waals surface area contributed by atoms with Crippen LogP contribution in [0.1, 0.15) is 0 Å². The third kappa shape index (κ3) is 1.83. The standard InChI is InChI=1S/C10H7ClN2O/c11-10-12-5-8(6-13-10)7-1-3-9(14)4-2-7/h1-6,14H. The van der Waals surface area contributed by atoms with E-state index in [0.29, 0.717) is 0 Å². The Morgan fingerprint density at radius 2 is 1.50 bits per heavy atom. The third-order valence-electron chi connectivity index (χ3n) is 1.82. The van der Waals surface area contributed by atoms with Crippen molar-refractivity contribution >= 4 is 11.6 Å². The van der Waals surface area contributed by atoms with Crippen molar-refractivity contribution in [2.75, 3.05) is 0 Å². The molecule has 0 saturated carbocycles. The monoisotopic (exact) mass is 206 g/mol. The molecule has 0 atom stereocenters. The number of hydrogen-bond donors (Lipinski definition) is 1. The molecule has 0 saturated heterocycles. The first-order valence-electron chi connectivity index (χ1n) is 4.02. The molecule has 70 valence electrons. The minimum absolute atomic E-state index is 0.229. The van der Waals surface area contributed by atoms with Crippen LogP contribution in [0.5, 0.6) is 5.75 Å². The minimum Gasteiger partial charge on any atom is -0.508 e. The van der Waals surface area contributed by atoms with E-state index < -0.39 is 0 Å². The van der Waals surface area contributed by atoms with E-state index in [1.54, 1.807) is 36.7 Å². The van der Waals surface area contributed by atoms with E-state index in [1.165, 1.54) is 0 Å². The highest BCUT2D eigenvalue weighted by atomic mass is 35.5. The van der Waals surface area contributed by atoms with Crippen LogP contribution in [0.15, 0.2) is 36.7 Å². The number of hydrogen-bond acceptors (Lipinski definition) is 3.